The van der Waals surface area contributed by atoms with E-state index in [2.05, 4.69) is 5.32 Å². The summed E-state index contributed by atoms with van der Waals surface area (Å²) in [6.45, 7) is 8.27. The Kier molecular flexibility index (Phi) is 6.75. The maximum absolute atomic E-state index is 11.2. The van der Waals surface area contributed by atoms with Crippen molar-refractivity contribution in [3.63, 3.8) is 0 Å². The van der Waals surface area contributed by atoms with E-state index in [4.69, 9.17) is 4.74 Å². The van der Waals surface area contributed by atoms with Crippen LogP contribution in [0, 0.1) is 5.92 Å². The van der Waals surface area contributed by atoms with E-state index in [1.165, 1.54) is 0 Å². The Hall–Kier alpha value is -1.06. The van der Waals surface area contributed by atoms with Gasteiger partial charge in [-0.15, -0.1) is 0 Å². The first-order chi connectivity index (χ1) is 6.91. The molecule has 88 valence electrons. The van der Waals surface area contributed by atoms with Crippen molar-refractivity contribution in [2.24, 2.45) is 5.92 Å². The highest BCUT2D eigenvalue weighted by molar-refractivity contribution is 5.81. The van der Waals surface area contributed by atoms with E-state index in [-0.39, 0.29) is 30.8 Å². The molecule has 0 radical (unpaired) electrons. The molecule has 0 aliphatic heterocycles. The van der Waals surface area contributed by atoms with E-state index < -0.39 is 0 Å². The second kappa shape index (κ2) is 7.26. The molecule has 0 aromatic rings. The summed E-state index contributed by atoms with van der Waals surface area (Å²) in [4.78, 5) is 22.3. The molecule has 1 amide bonds. The van der Waals surface area contributed by atoms with Crippen LogP contribution < -0.4 is 5.32 Å². The molecule has 15 heavy (non-hydrogen) atoms. The molecule has 0 atom stereocenters. The van der Waals surface area contributed by atoms with Gasteiger partial charge in [0.15, 0.2) is 0 Å². The van der Waals surface area contributed by atoms with Crippen molar-refractivity contribution in [3.05, 3.63) is 0 Å². The van der Waals surface area contributed by atoms with Crippen LogP contribution in [0.4, 0.5) is 0 Å². The predicted octanol–water partition coefficient (Wildman–Crippen LogP) is 1.49. The fourth-order valence-electron chi connectivity index (χ4n) is 0.944. The molecule has 0 unspecified atom stereocenters. The Morgan fingerprint density at radius 2 is 1.73 bits per heavy atom. The first-order valence-corrected chi connectivity index (χ1v) is 5.38. The van der Waals surface area contributed by atoms with Gasteiger partial charge in [0.05, 0.1) is 12.5 Å². The monoisotopic (exact) mass is 215 g/mol. The maximum atomic E-state index is 11.2. The molecule has 0 aromatic heterocycles. The minimum absolute atomic E-state index is 0.0931. The van der Waals surface area contributed by atoms with Crippen molar-refractivity contribution in [1.82, 2.24) is 5.32 Å². The number of rotatable bonds is 6. The third-order valence-electron chi connectivity index (χ3n) is 1.63. The largest absolute Gasteiger partial charge is 0.463 e. The molecule has 0 fully saturated rings. The maximum Gasteiger partial charge on any atom is 0.306 e. The van der Waals surface area contributed by atoms with E-state index in [0.717, 1.165) is 0 Å². The predicted molar refractivity (Wildman–Crippen MR) is 58.3 cm³/mol. The van der Waals surface area contributed by atoms with Gasteiger partial charge in [-0.05, 0) is 19.8 Å². The van der Waals surface area contributed by atoms with Gasteiger partial charge in [-0.2, -0.15) is 0 Å². The Labute approximate surface area is 91.4 Å². The van der Waals surface area contributed by atoms with Gasteiger partial charge >= 0.3 is 5.97 Å². The van der Waals surface area contributed by atoms with Crippen LogP contribution in [-0.4, -0.2) is 24.5 Å². The quantitative estimate of drug-likeness (QED) is 0.683. The zero-order valence-corrected chi connectivity index (χ0v) is 10.0. The third kappa shape index (κ3) is 9.25. The Bertz CT molecular complexity index is 212. The van der Waals surface area contributed by atoms with E-state index in [9.17, 15) is 9.59 Å². The zero-order valence-electron chi connectivity index (χ0n) is 10.0. The number of amides is 1. The SMILES string of the molecule is CC(C)CNC(=O)CCC(=O)OC(C)C. The smallest absolute Gasteiger partial charge is 0.306 e. The van der Waals surface area contributed by atoms with Crippen molar-refractivity contribution in [1.29, 1.82) is 0 Å². The first-order valence-electron chi connectivity index (χ1n) is 5.38. The van der Waals surface area contributed by atoms with Crippen LogP contribution in [0.25, 0.3) is 0 Å². The van der Waals surface area contributed by atoms with Gasteiger partial charge in [-0.25, -0.2) is 0 Å². The summed E-state index contributed by atoms with van der Waals surface area (Å²) in [5.74, 6) is 0.0191. The normalized spacial score (nSPS) is 10.5. The van der Waals surface area contributed by atoms with Gasteiger partial charge in [-0.3, -0.25) is 9.59 Å². The van der Waals surface area contributed by atoms with Crippen molar-refractivity contribution in [3.8, 4) is 0 Å². The van der Waals surface area contributed by atoms with E-state index in [1.54, 1.807) is 13.8 Å². The number of nitrogens with one attached hydrogen (secondary N) is 1. The molecule has 0 spiro atoms. The van der Waals surface area contributed by atoms with E-state index >= 15 is 0 Å². The lowest BCUT2D eigenvalue weighted by Gasteiger charge is -2.09. The second-order valence-corrected chi connectivity index (χ2v) is 4.24. The molecule has 4 nitrogen and oxygen atoms in total. The van der Waals surface area contributed by atoms with Crippen LogP contribution in [0.2, 0.25) is 0 Å². The van der Waals surface area contributed by atoms with E-state index in [1.807, 2.05) is 13.8 Å². The number of esters is 1. The number of ether oxygens (including phenoxy) is 1. The van der Waals surface area contributed by atoms with Gasteiger partial charge in [0.25, 0.3) is 0 Å². The van der Waals surface area contributed by atoms with Crippen LogP contribution in [0.3, 0.4) is 0 Å². The summed E-state index contributed by atoms with van der Waals surface area (Å²) in [6.07, 6.45) is 0.247. The molecule has 0 saturated carbocycles. The van der Waals surface area contributed by atoms with Crippen molar-refractivity contribution >= 4 is 11.9 Å². The summed E-state index contributed by atoms with van der Waals surface area (Å²) in [6, 6.07) is 0. The Morgan fingerprint density at radius 1 is 1.13 bits per heavy atom. The first kappa shape index (κ1) is 13.9. The standard InChI is InChI=1S/C11H21NO3/c1-8(2)7-12-10(13)5-6-11(14)15-9(3)4/h8-9H,5-7H2,1-4H3,(H,12,13). The van der Waals surface area contributed by atoms with Crippen LogP contribution in [-0.2, 0) is 14.3 Å². The molecule has 0 aliphatic rings. The molecule has 0 bridgehead atoms. The fourth-order valence-corrected chi connectivity index (χ4v) is 0.944. The summed E-state index contributed by atoms with van der Waals surface area (Å²) >= 11 is 0. The Balaban J connectivity index is 3.58. The minimum Gasteiger partial charge on any atom is -0.463 e. The molecule has 0 aromatic carbocycles. The average Bonchev–Trinajstić information content (AvgIpc) is 2.10. The van der Waals surface area contributed by atoms with Gasteiger partial charge in [0.1, 0.15) is 0 Å². The number of carbonyl (C=O) groups is 2. The molecule has 1 N–H and O–H groups in total. The van der Waals surface area contributed by atoms with Crippen molar-refractivity contribution in [2.75, 3.05) is 6.54 Å². The fraction of sp³-hybridized carbons (Fsp3) is 0.818. The topological polar surface area (TPSA) is 55.4 Å². The molecule has 0 heterocycles. The van der Waals surface area contributed by atoms with Crippen LogP contribution >= 0.6 is 0 Å². The third-order valence-corrected chi connectivity index (χ3v) is 1.63. The lowest BCUT2D eigenvalue weighted by Crippen LogP contribution is -2.27. The summed E-state index contributed by atoms with van der Waals surface area (Å²) in [7, 11) is 0. The highest BCUT2D eigenvalue weighted by Crippen LogP contribution is 1.97. The number of carbonyl (C=O) groups excluding carboxylic acids is 2. The molecule has 4 heteroatoms. The molecule has 0 aliphatic carbocycles. The van der Waals surface area contributed by atoms with E-state index in [0.29, 0.717) is 12.5 Å². The summed E-state index contributed by atoms with van der Waals surface area (Å²) in [5, 5.41) is 2.74. The van der Waals surface area contributed by atoms with Gasteiger partial charge in [0.2, 0.25) is 5.91 Å². The lowest BCUT2D eigenvalue weighted by molar-refractivity contribution is -0.148. The molecule has 0 rings (SSSR count). The zero-order chi connectivity index (χ0) is 11.8. The molecular weight excluding hydrogens is 194 g/mol. The number of hydrogen-bond donors (Lipinski definition) is 1. The summed E-state index contributed by atoms with van der Waals surface area (Å²) < 4.78 is 4.91. The van der Waals surface area contributed by atoms with Crippen LogP contribution in [0.15, 0.2) is 0 Å². The molecule has 0 saturated heterocycles. The molecular formula is C11H21NO3. The average molecular weight is 215 g/mol. The van der Waals surface area contributed by atoms with Gasteiger partial charge < -0.3 is 10.1 Å². The highest BCUT2D eigenvalue weighted by Gasteiger charge is 2.09. The summed E-state index contributed by atoms with van der Waals surface area (Å²) in [5.41, 5.74) is 0. The van der Waals surface area contributed by atoms with Crippen LogP contribution in [0.1, 0.15) is 40.5 Å². The number of hydrogen-bond acceptors (Lipinski definition) is 3. The lowest BCUT2D eigenvalue weighted by atomic mass is 10.2. The van der Waals surface area contributed by atoms with Crippen molar-refractivity contribution in [2.45, 2.75) is 46.6 Å². The van der Waals surface area contributed by atoms with Crippen LogP contribution in [0.5, 0.6) is 0 Å². The minimum atomic E-state index is -0.315. The van der Waals surface area contributed by atoms with Gasteiger partial charge in [-0.1, -0.05) is 13.8 Å². The second-order valence-electron chi connectivity index (χ2n) is 4.24. The van der Waals surface area contributed by atoms with Crippen molar-refractivity contribution < 1.29 is 14.3 Å². The highest BCUT2D eigenvalue weighted by atomic mass is 16.5. The van der Waals surface area contributed by atoms with Gasteiger partial charge in [0, 0.05) is 13.0 Å². The Morgan fingerprint density at radius 3 is 2.20 bits per heavy atom.